The summed E-state index contributed by atoms with van der Waals surface area (Å²) in [6.45, 7) is 4.74. The molecule has 0 saturated carbocycles. The highest BCUT2D eigenvalue weighted by atomic mass is 79.9. The number of ether oxygens (including phenoxy) is 2. The summed E-state index contributed by atoms with van der Waals surface area (Å²) in [7, 11) is 0. The third-order valence-electron chi connectivity index (χ3n) is 5.21. The van der Waals surface area contributed by atoms with Crippen molar-refractivity contribution in [2.75, 3.05) is 6.61 Å². The first kappa shape index (κ1) is 27.2. The molecule has 6 nitrogen and oxygen atoms in total. The van der Waals surface area contributed by atoms with E-state index in [2.05, 4.69) is 27.4 Å². The second-order valence-corrected chi connectivity index (χ2v) is 11.0. The van der Waals surface area contributed by atoms with Gasteiger partial charge < -0.3 is 9.47 Å². The Hall–Kier alpha value is -2.85. The van der Waals surface area contributed by atoms with Crippen LogP contribution in [0.1, 0.15) is 34.0 Å². The number of thiocarbonyl (C=S) groups is 1. The zero-order chi connectivity index (χ0) is 26.5. The SMILES string of the molecule is CCOc1cc(/C=C2/SC(=S)N(NC(=O)c3ccc(Cl)cc3)C2=O)cc(Br)c1OCc1cccc(C)c1. The zero-order valence-corrected chi connectivity index (χ0v) is 23.9. The topological polar surface area (TPSA) is 67.9 Å². The van der Waals surface area contributed by atoms with Gasteiger partial charge in [-0.1, -0.05) is 53.2 Å². The van der Waals surface area contributed by atoms with Gasteiger partial charge in [0.05, 0.1) is 16.0 Å². The van der Waals surface area contributed by atoms with E-state index in [9.17, 15) is 9.59 Å². The summed E-state index contributed by atoms with van der Waals surface area (Å²) < 4.78 is 12.8. The Kier molecular flexibility index (Phi) is 8.91. The molecule has 190 valence electrons. The number of rotatable bonds is 8. The molecule has 1 saturated heterocycles. The standard InChI is InChI=1S/C27H22BrClN2O4S2/c1-3-34-22-13-18(12-21(28)24(22)35-15-17-6-4-5-16(2)11-17)14-23-26(33)31(27(36)37-23)30-25(32)19-7-9-20(29)10-8-19/h4-14H,3,15H2,1-2H3,(H,30,32)/b23-14+. The van der Waals surface area contributed by atoms with Gasteiger partial charge in [-0.15, -0.1) is 0 Å². The number of benzene rings is 3. The molecule has 0 aliphatic carbocycles. The van der Waals surface area contributed by atoms with E-state index < -0.39 is 11.8 Å². The Morgan fingerprint density at radius 1 is 1.16 bits per heavy atom. The maximum absolute atomic E-state index is 13.0. The monoisotopic (exact) mass is 616 g/mol. The third-order valence-corrected chi connectivity index (χ3v) is 7.35. The summed E-state index contributed by atoms with van der Waals surface area (Å²) in [5.41, 5.74) is 5.83. The fraction of sp³-hybridized carbons (Fsp3) is 0.148. The highest BCUT2D eigenvalue weighted by Gasteiger charge is 2.34. The third kappa shape index (κ3) is 6.73. The highest BCUT2D eigenvalue weighted by Crippen LogP contribution is 2.39. The predicted molar refractivity (Wildman–Crippen MR) is 155 cm³/mol. The Morgan fingerprint density at radius 3 is 2.62 bits per heavy atom. The van der Waals surface area contributed by atoms with Crippen molar-refractivity contribution < 1.29 is 19.1 Å². The molecule has 2 amide bonds. The summed E-state index contributed by atoms with van der Waals surface area (Å²) in [6, 6.07) is 18.1. The molecular formula is C27H22BrClN2O4S2. The smallest absolute Gasteiger partial charge is 0.285 e. The molecule has 0 bridgehead atoms. The second kappa shape index (κ2) is 12.1. The van der Waals surface area contributed by atoms with Crippen molar-refractivity contribution >= 4 is 73.7 Å². The number of hydrazine groups is 1. The lowest BCUT2D eigenvalue weighted by atomic mass is 10.1. The lowest BCUT2D eigenvalue weighted by Gasteiger charge is -2.16. The van der Waals surface area contributed by atoms with Crippen LogP contribution in [0.4, 0.5) is 0 Å². The normalized spacial score (nSPS) is 14.3. The number of hydrogen-bond acceptors (Lipinski definition) is 6. The molecule has 1 aliphatic heterocycles. The summed E-state index contributed by atoms with van der Waals surface area (Å²) >= 11 is 15.9. The van der Waals surface area contributed by atoms with Gasteiger partial charge in [-0.05, 0) is 95.6 Å². The first-order chi connectivity index (χ1) is 17.7. The Labute approximate surface area is 238 Å². The van der Waals surface area contributed by atoms with Crippen molar-refractivity contribution in [3.8, 4) is 11.5 Å². The molecule has 3 aromatic carbocycles. The second-order valence-electron chi connectivity index (χ2n) is 8.01. The van der Waals surface area contributed by atoms with Gasteiger partial charge in [0.1, 0.15) is 6.61 Å². The molecule has 37 heavy (non-hydrogen) atoms. The van der Waals surface area contributed by atoms with Gasteiger partial charge in [0, 0.05) is 10.6 Å². The Bertz CT molecular complexity index is 1400. The van der Waals surface area contributed by atoms with Crippen molar-refractivity contribution in [2.24, 2.45) is 0 Å². The van der Waals surface area contributed by atoms with Crippen LogP contribution in [0.5, 0.6) is 11.5 Å². The number of thioether (sulfide) groups is 1. The van der Waals surface area contributed by atoms with Gasteiger partial charge in [0.15, 0.2) is 15.8 Å². The molecule has 4 rings (SSSR count). The van der Waals surface area contributed by atoms with Crippen LogP contribution in [0, 0.1) is 6.92 Å². The summed E-state index contributed by atoms with van der Waals surface area (Å²) in [4.78, 5) is 26.0. The number of halogens is 2. The van der Waals surface area contributed by atoms with Crippen LogP contribution < -0.4 is 14.9 Å². The number of hydrogen-bond donors (Lipinski definition) is 1. The van der Waals surface area contributed by atoms with Crippen molar-refractivity contribution in [2.45, 2.75) is 20.5 Å². The van der Waals surface area contributed by atoms with Crippen LogP contribution in [-0.2, 0) is 11.4 Å². The fourth-order valence-corrected chi connectivity index (χ4v) is 5.39. The molecule has 1 N–H and O–H groups in total. The average molecular weight is 618 g/mol. The molecule has 10 heteroatoms. The van der Waals surface area contributed by atoms with Gasteiger partial charge in [0.25, 0.3) is 11.8 Å². The highest BCUT2D eigenvalue weighted by molar-refractivity contribution is 9.10. The molecule has 0 unspecified atom stereocenters. The van der Waals surface area contributed by atoms with Gasteiger partial charge in [-0.2, -0.15) is 5.01 Å². The lowest BCUT2D eigenvalue weighted by molar-refractivity contribution is -0.123. The van der Waals surface area contributed by atoms with Crippen molar-refractivity contribution in [1.29, 1.82) is 0 Å². The van der Waals surface area contributed by atoms with Crippen LogP contribution in [0.15, 0.2) is 70.0 Å². The number of amides is 2. The molecule has 0 aromatic heterocycles. The van der Waals surface area contributed by atoms with Crippen molar-refractivity contribution in [1.82, 2.24) is 10.4 Å². The Balaban J connectivity index is 1.53. The molecule has 1 fully saturated rings. The van der Waals surface area contributed by atoms with E-state index in [0.717, 1.165) is 27.9 Å². The van der Waals surface area contributed by atoms with E-state index in [1.165, 1.54) is 0 Å². The number of aryl methyl sites for hydroxylation is 1. The van der Waals surface area contributed by atoms with Crippen LogP contribution in [0.25, 0.3) is 6.08 Å². The fourth-order valence-electron chi connectivity index (χ4n) is 3.51. The summed E-state index contributed by atoms with van der Waals surface area (Å²) in [6.07, 6.45) is 1.70. The molecule has 1 heterocycles. The van der Waals surface area contributed by atoms with E-state index in [0.29, 0.717) is 50.2 Å². The lowest BCUT2D eigenvalue weighted by Crippen LogP contribution is -2.44. The van der Waals surface area contributed by atoms with Gasteiger partial charge >= 0.3 is 0 Å². The average Bonchev–Trinajstić information content (AvgIpc) is 3.11. The van der Waals surface area contributed by atoms with Crippen LogP contribution in [-0.4, -0.2) is 27.8 Å². The maximum Gasteiger partial charge on any atom is 0.285 e. The van der Waals surface area contributed by atoms with Crippen LogP contribution in [0.2, 0.25) is 5.02 Å². The molecule has 0 radical (unpaired) electrons. The minimum atomic E-state index is -0.467. The van der Waals surface area contributed by atoms with Crippen molar-refractivity contribution in [3.05, 3.63) is 97.3 Å². The minimum absolute atomic E-state index is 0.223. The number of carbonyl (C=O) groups excluding carboxylic acids is 2. The summed E-state index contributed by atoms with van der Waals surface area (Å²) in [5.74, 6) is 0.224. The zero-order valence-electron chi connectivity index (χ0n) is 19.9. The molecule has 0 spiro atoms. The summed E-state index contributed by atoms with van der Waals surface area (Å²) in [5, 5.41) is 1.58. The van der Waals surface area contributed by atoms with Gasteiger partial charge in [-0.25, -0.2) is 0 Å². The van der Waals surface area contributed by atoms with Gasteiger partial charge in [-0.3, -0.25) is 15.0 Å². The first-order valence-corrected chi connectivity index (χ1v) is 13.6. The van der Waals surface area contributed by atoms with E-state index in [1.807, 2.05) is 38.1 Å². The molecular weight excluding hydrogens is 596 g/mol. The van der Waals surface area contributed by atoms with E-state index in [-0.39, 0.29) is 4.32 Å². The maximum atomic E-state index is 13.0. The van der Waals surface area contributed by atoms with E-state index in [4.69, 9.17) is 33.3 Å². The number of nitrogens with zero attached hydrogens (tertiary/aromatic N) is 1. The predicted octanol–water partition coefficient (Wildman–Crippen LogP) is 6.93. The van der Waals surface area contributed by atoms with Crippen molar-refractivity contribution in [3.63, 3.8) is 0 Å². The van der Waals surface area contributed by atoms with E-state index >= 15 is 0 Å². The number of carbonyl (C=O) groups is 2. The van der Waals surface area contributed by atoms with Crippen LogP contribution in [0.3, 0.4) is 0 Å². The molecule has 1 aliphatic rings. The quantitative estimate of drug-likeness (QED) is 0.218. The largest absolute Gasteiger partial charge is 0.490 e. The van der Waals surface area contributed by atoms with E-state index in [1.54, 1.807) is 36.4 Å². The molecule has 3 aromatic rings. The molecule has 0 atom stereocenters. The first-order valence-electron chi connectivity index (χ1n) is 11.2. The van der Waals surface area contributed by atoms with Gasteiger partial charge in [0.2, 0.25) is 0 Å². The Morgan fingerprint density at radius 2 is 1.92 bits per heavy atom. The number of nitrogens with one attached hydrogen (secondary N) is 1. The minimum Gasteiger partial charge on any atom is -0.490 e. The van der Waals surface area contributed by atoms with Crippen LogP contribution >= 0.6 is 51.5 Å².